The summed E-state index contributed by atoms with van der Waals surface area (Å²) in [6.45, 7) is 0. The molecule has 0 fully saturated rings. The molecule has 0 saturated heterocycles. The van der Waals surface area contributed by atoms with Gasteiger partial charge < -0.3 is 15.8 Å². The third kappa shape index (κ3) is 3.55. The van der Waals surface area contributed by atoms with Crippen LogP contribution in [0.15, 0.2) is 54.9 Å². The highest BCUT2D eigenvalue weighted by molar-refractivity contribution is 6.02. The highest BCUT2D eigenvalue weighted by Crippen LogP contribution is 2.21. The fourth-order valence-electron chi connectivity index (χ4n) is 1.93. The van der Waals surface area contributed by atoms with E-state index in [4.69, 9.17) is 10.5 Å². The summed E-state index contributed by atoms with van der Waals surface area (Å²) in [4.78, 5) is 27.1. The van der Waals surface area contributed by atoms with Gasteiger partial charge in [0, 0.05) is 17.8 Å². The van der Waals surface area contributed by atoms with Gasteiger partial charge in [-0.05, 0) is 30.3 Å². The molecule has 0 aliphatic rings. The average molecular weight is 323 g/mol. The summed E-state index contributed by atoms with van der Waals surface area (Å²) >= 11 is 0. The van der Waals surface area contributed by atoms with E-state index in [-0.39, 0.29) is 5.91 Å². The SMILES string of the molecule is NC(=O)c1cccc(Oc2ccc(NC(=O)c3ccn[nH]3)cn2)c1. The number of amides is 2. The van der Waals surface area contributed by atoms with Crippen LogP contribution in [0.2, 0.25) is 0 Å². The van der Waals surface area contributed by atoms with Crippen molar-refractivity contribution in [3.63, 3.8) is 0 Å². The molecule has 3 aromatic rings. The van der Waals surface area contributed by atoms with Crippen LogP contribution in [-0.2, 0) is 0 Å². The molecule has 0 unspecified atom stereocenters. The number of carbonyl (C=O) groups is 2. The molecule has 0 atom stereocenters. The molecule has 0 saturated carbocycles. The minimum Gasteiger partial charge on any atom is -0.439 e. The van der Waals surface area contributed by atoms with E-state index in [1.807, 2.05) is 0 Å². The molecule has 0 aliphatic heterocycles. The number of hydrogen-bond acceptors (Lipinski definition) is 5. The van der Waals surface area contributed by atoms with Gasteiger partial charge in [0.2, 0.25) is 11.8 Å². The van der Waals surface area contributed by atoms with E-state index >= 15 is 0 Å². The number of nitrogens with one attached hydrogen (secondary N) is 2. The Morgan fingerprint density at radius 3 is 2.71 bits per heavy atom. The fourth-order valence-corrected chi connectivity index (χ4v) is 1.93. The van der Waals surface area contributed by atoms with Crippen LogP contribution in [0.4, 0.5) is 5.69 Å². The molecular weight excluding hydrogens is 310 g/mol. The van der Waals surface area contributed by atoms with E-state index in [0.29, 0.717) is 28.6 Å². The zero-order valence-corrected chi connectivity index (χ0v) is 12.4. The number of primary amides is 1. The molecule has 0 aliphatic carbocycles. The van der Waals surface area contributed by atoms with Crippen molar-refractivity contribution in [2.75, 3.05) is 5.32 Å². The molecule has 2 heterocycles. The predicted octanol–water partition coefficient (Wildman–Crippen LogP) is 1.95. The number of carbonyl (C=O) groups excluding carboxylic acids is 2. The summed E-state index contributed by atoms with van der Waals surface area (Å²) in [5.74, 6) is -0.105. The Morgan fingerprint density at radius 2 is 2.04 bits per heavy atom. The molecule has 120 valence electrons. The van der Waals surface area contributed by atoms with Crippen LogP contribution in [0.25, 0.3) is 0 Å². The molecule has 24 heavy (non-hydrogen) atoms. The molecular formula is C16H13N5O3. The highest BCUT2D eigenvalue weighted by Gasteiger charge is 2.08. The van der Waals surface area contributed by atoms with E-state index in [1.54, 1.807) is 36.4 Å². The minimum atomic E-state index is -0.537. The number of aromatic amines is 1. The molecule has 2 aromatic heterocycles. The van der Waals surface area contributed by atoms with Gasteiger partial charge >= 0.3 is 0 Å². The summed E-state index contributed by atoms with van der Waals surface area (Å²) in [5, 5.41) is 8.95. The zero-order valence-electron chi connectivity index (χ0n) is 12.4. The van der Waals surface area contributed by atoms with E-state index in [1.165, 1.54) is 18.5 Å². The maximum Gasteiger partial charge on any atom is 0.273 e. The Balaban J connectivity index is 1.67. The molecule has 8 heteroatoms. The third-order valence-corrected chi connectivity index (χ3v) is 3.08. The highest BCUT2D eigenvalue weighted by atomic mass is 16.5. The quantitative estimate of drug-likeness (QED) is 0.662. The molecule has 4 N–H and O–H groups in total. The van der Waals surface area contributed by atoms with Gasteiger partial charge in [0.05, 0.1) is 11.9 Å². The number of ether oxygens (including phenoxy) is 1. The Morgan fingerprint density at radius 1 is 1.17 bits per heavy atom. The van der Waals surface area contributed by atoms with Gasteiger partial charge in [0.1, 0.15) is 11.4 Å². The first kappa shape index (κ1) is 15.2. The van der Waals surface area contributed by atoms with E-state index in [9.17, 15) is 9.59 Å². The van der Waals surface area contributed by atoms with Crippen LogP contribution in [0, 0.1) is 0 Å². The number of nitrogens with two attached hydrogens (primary N) is 1. The van der Waals surface area contributed by atoms with Crippen molar-refractivity contribution in [3.8, 4) is 11.6 Å². The van der Waals surface area contributed by atoms with E-state index in [2.05, 4.69) is 20.5 Å². The summed E-state index contributed by atoms with van der Waals surface area (Å²) in [6, 6.07) is 11.3. The zero-order chi connectivity index (χ0) is 16.9. The number of hydrogen-bond donors (Lipinski definition) is 3. The Bertz CT molecular complexity index is 860. The number of aromatic nitrogens is 3. The van der Waals surface area contributed by atoms with Gasteiger partial charge in [-0.2, -0.15) is 5.10 Å². The van der Waals surface area contributed by atoms with Gasteiger partial charge in [-0.3, -0.25) is 14.7 Å². The second-order valence-electron chi connectivity index (χ2n) is 4.80. The smallest absolute Gasteiger partial charge is 0.273 e. The average Bonchev–Trinajstić information content (AvgIpc) is 3.11. The molecule has 8 nitrogen and oxygen atoms in total. The van der Waals surface area contributed by atoms with Gasteiger partial charge in [0.25, 0.3) is 5.91 Å². The standard InChI is InChI=1S/C16H13N5O3/c17-15(22)10-2-1-3-12(8-10)24-14-5-4-11(9-18-14)20-16(23)13-6-7-19-21-13/h1-9H,(H2,17,22)(H,19,21)(H,20,23). The minimum absolute atomic E-state index is 0.316. The number of rotatable bonds is 5. The maximum atomic E-state index is 11.9. The largest absolute Gasteiger partial charge is 0.439 e. The lowest BCUT2D eigenvalue weighted by molar-refractivity contribution is 0.0997. The van der Waals surface area contributed by atoms with Gasteiger partial charge in [-0.1, -0.05) is 6.07 Å². The Hall–Kier alpha value is -3.68. The molecule has 0 radical (unpaired) electrons. The molecule has 3 rings (SSSR count). The molecule has 1 aromatic carbocycles. The lowest BCUT2D eigenvalue weighted by atomic mass is 10.2. The molecule has 0 spiro atoms. The Labute approximate surface area is 136 Å². The Kier molecular flexibility index (Phi) is 4.19. The van der Waals surface area contributed by atoms with Crippen molar-refractivity contribution in [3.05, 3.63) is 66.1 Å². The summed E-state index contributed by atoms with van der Waals surface area (Å²) in [6.07, 6.45) is 2.95. The number of H-pyrrole nitrogens is 1. The van der Waals surface area contributed by atoms with Crippen molar-refractivity contribution in [1.29, 1.82) is 0 Å². The molecule has 2 amide bonds. The normalized spacial score (nSPS) is 10.2. The predicted molar refractivity (Wildman–Crippen MR) is 85.8 cm³/mol. The van der Waals surface area contributed by atoms with Crippen LogP contribution in [0.5, 0.6) is 11.6 Å². The lowest BCUT2D eigenvalue weighted by Crippen LogP contribution is -2.12. The molecule has 0 bridgehead atoms. The van der Waals surface area contributed by atoms with Crippen molar-refractivity contribution in [1.82, 2.24) is 15.2 Å². The fraction of sp³-hybridized carbons (Fsp3) is 0. The van der Waals surface area contributed by atoms with Crippen molar-refractivity contribution >= 4 is 17.5 Å². The number of benzene rings is 1. The van der Waals surface area contributed by atoms with Gasteiger partial charge in [-0.25, -0.2) is 4.98 Å². The maximum absolute atomic E-state index is 11.9. The third-order valence-electron chi connectivity index (χ3n) is 3.08. The topological polar surface area (TPSA) is 123 Å². The second kappa shape index (κ2) is 6.61. The first-order valence-corrected chi connectivity index (χ1v) is 6.96. The number of anilines is 1. The van der Waals surface area contributed by atoms with Crippen molar-refractivity contribution in [2.45, 2.75) is 0 Å². The van der Waals surface area contributed by atoms with Gasteiger partial charge in [0.15, 0.2) is 0 Å². The van der Waals surface area contributed by atoms with Crippen LogP contribution >= 0.6 is 0 Å². The number of nitrogens with zero attached hydrogens (tertiary/aromatic N) is 2. The van der Waals surface area contributed by atoms with E-state index in [0.717, 1.165) is 0 Å². The second-order valence-corrected chi connectivity index (χ2v) is 4.80. The van der Waals surface area contributed by atoms with Crippen molar-refractivity contribution in [2.24, 2.45) is 5.73 Å². The van der Waals surface area contributed by atoms with Crippen LogP contribution in [0.3, 0.4) is 0 Å². The first-order chi connectivity index (χ1) is 11.6. The summed E-state index contributed by atoms with van der Waals surface area (Å²) in [7, 11) is 0. The number of pyridine rings is 1. The van der Waals surface area contributed by atoms with E-state index < -0.39 is 5.91 Å². The van der Waals surface area contributed by atoms with Crippen LogP contribution in [0.1, 0.15) is 20.8 Å². The van der Waals surface area contributed by atoms with Crippen LogP contribution < -0.4 is 15.8 Å². The summed E-state index contributed by atoms with van der Waals surface area (Å²) < 4.78 is 5.55. The van der Waals surface area contributed by atoms with Gasteiger partial charge in [-0.15, -0.1) is 0 Å². The van der Waals surface area contributed by atoms with Crippen molar-refractivity contribution < 1.29 is 14.3 Å². The van der Waals surface area contributed by atoms with Crippen LogP contribution in [-0.4, -0.2) is 27.0 Å². The first-order valence-electron chi connectivity index (χ1n) is 6.96. The monoisotopic (exact) mass is 323 g/mol. The lowest BCUT2D eigenvalue weighted by Gasteiger charge is -2.07. The summed E-state index contributed by atoms with van der Waals surface area (Å²) in [5.41, 5.74) is 6.42.